The Morgan fingerprint density at radius 2 is 2.12 bits per heavy atom. The molecule has 0 amide bonds. The molecule has 0 N–H and O–H groups in total. The van der Waals surface area contributed by atoms with Gasteiger partial charge in [-0.3, -0.25) is 4.90 Å². The lowest BCUT2D eigenvalue weighted by atomic mass is 10.0. The van der Waals surface area contributed by atoms with Gasteiger partial charge in [0.2, 0.25) is 0 Å². The number of thiazole rings is 1. The first-order chi connectivity index (χ1) is 11.4. The first-order valence-corrected chi connectivity index (χ1v) is 11.2. The van der Waals surface area contributed by atoms with E-state index in [0.717, 1.165) is 37.5 Å². The number of benzene rings is 1. The third-order valence-corrected chi connectivity index (χ3v) is 6.54. The molecule has 130 valence electrons. The smallest absolute Gasteiger partial charge is 0.147 e. The minimum Gasteiger partial charge on any atom is -0.298 e. The predicted molar refractivity (Wildman–Crippen MR) is 100.0 cm³/mol. The summed E-state index contributed by atoms with van der Waals surface area (Å²) in [4.78, 5) is 8.20. The van der Waals surface area contributed by atoms with E-state index in [9.17, 15) is 8.42 Å². The van der Waals surface area contributed by atoms with E-state index >= 15 is 0 Å². The molecule has 2 aromatic rings. The van der Waals surface area contributed by atoms with Crippen LogP contribution >= 0.6 is 11.3 Å². The van der Waals surface area contributed by atoms with Crippen molar-refractivity contribution in [1.82, 2.24) is 9.88 Å². The van der Waals surface area contributed by atoms with Crippen molar-refractivity contribution in [3.8, 4) is 10.6 Å². The van der Waals surface area contributed by atoms with Gasteiger partial charge in [0.1, 0.15) is 14.8 Å². The minimum atomic E-state index is -2.89. The molecule has 0 saturated carbocycles. The molecule has 1 aliphatic rings. The highest BCUT2D eigenvalue weighted by Crippen LogP contribution is 2.29. The van der Waals surface area contributed by atoms with Crippen molar-refractivity contribution in [3.63, 3.8) is 0 Å². The molecular weight excluding hydrogens is 340 g/mol. The van der Waals surface area contributed by atoms with E-state index in [4.69, 9.17) is 0 Å². The normalized spacial score (nSPS) is 19.5. The van der Waals surface area contributed by atoms with E-state index in [1.54, 1.807) is 11.3 Å². The monoisotopic (exact) mass is 364 g/mol. The number of hydrogen-bond donors (Lipinski definition) is 0. The number of likely N-dealkylation sites (tertiary alicyclic amines) is 1. The lowest BCUT2D eigenvalue weighted by Gasteiger charge is -2.31. The molecule has 4 nitrogen and oxygen atoms in total. The van der Waals surface area contributed by atoms with Crippen molar-refractivity contribution in [3.05, 3.63) is 40.9 Å². The van der Waals surface area contributed by atoms with Gasteiger partial charge in [-0.2, -0.15) is 0 Å². The Labute approximate surface area is 148 Å². The van der Waals surface area contributed by atoms with Crippen molar-refractivity contribution in [2.75, 3.05) is 25.1 Å². The highest BCUT2D eigenvalue weighted by molar-refractivity contribution is 7.90. The molecule has 0 aliphatic carbocycles. The molecule has 3 rings (SSSR count). The molecule has 0 spiro atoms. The summed E-state index contributed by atoms with van der Waals surface area (Å²) in [6.07, 6.45) is 5.39. The summed E-state index contributed by atoms with van der Waals surface area (Å²) >= 11 is 1.74. The quantitative estimate of drug-likeness (QED) is 0.816. The molecule has 1 aliphatic heterocycles. The summed E-state index contributed by atoms with van der Waals surface area (Å²) in [5.41, 5.74) is 2.44. The molecule has 0 unspecified atom stereocenters. The Morgan fingerprint density at radius 3 is 2.88 bits per heavy atom. The second-order valence-corrected chi connectivity index (χ2v) is 10.1. The second-order valence-electron chi connectivity index (χ2n) is 6.78. The maximum Gasteiger partial charge on any atom is 0.147 e. The first kappa shape index (κ1) is 17.6. The molecule has 1 aromatic heterocycles. The zero-order valence-corrected chi connectivity index (χ0v) is 15.9. The topological polar surface area (TPSA) is 50.3 Å². The Morgan fingerprint density at radius 1 is 1.33 bits per heavy atom. The van der Waals surface area contributed by atoms with Gasteiger partial charge >= 0.3 is 0 Å². The molecule has 24 heavy (non-hydrogen) atoms. The summed E-state index contributed by atoms with van der Waals surface area (Å²) in [5, 5.41) is 1.06. The Kier molecular flexibility index (Phi) is 5.37. The van der Waals surface area contributed by atoms with Gasteiger partial charge < -0.3 is 0 Å². The van der Waals surface area contributed by atoms with Crippen LogP contribution in [-0.4, -0.2) is 43.4 Å². The molecule has 1 atom stereocenters. The zero-order valence-electron chi connectivity index (χ0n) is 14.2. The highest BCUT2D eigenvalue weighted by Gasteiger charge is 2.23. The lowest BCUT2D eigenvalue weighted by Crippen LogP contribution is -2.37. The Balaban J connectivity index is 1.65. The van der Waals surface area contributed by atoms with Crippen LogP contribution in [0, 0.1) is 12.8 Å². The average molecular weight is 365 g/mol. The van der Waals surface area contributed by atoms with E-state index in [2.05, 4.69) is 28.9 Å². The van der Waals surface area contributed by atoms with Gasteiger partial charge in [0.05, 0.1) is 5.75 Å². The third kappa shape index (κ3) is 4.65. The first-order valence-electron chi connectivity index (χ1n) is 8.31. The lowest BCUT2D eigenvalue weighted by molar-refractivity contribution is 0.179. The van der Waals surface area contributed by atoms with Crippen LogP contribution in [0.5, 0.6) is 0 Å². The molecule has 2 heterocycles. The molecule has 6 heteroatoms. The fourth-order valence-electron chi connectivity index (χ4n) is 3.40. The van der Waals surface area contributed by atoms with Crippen LogP contribution in [0.15, 0.2) is 30.5 Å². The van der Waals surface area contributed by atoms with Gasteiger partial charge in [-0.25, -0.2) is 13.4 Å². The molecule has 1 saturated heterocycles. The maximum atomic E-state index is 11.5. The van der Waals surface area contributed by atoms with Gasteiger partial charge in [-0.1, -0.05) is 24.3 Å². The molecular formula is C18H24N2O2S2. The van der Waals surface area contributed by atoms with Crippen LogP contribution in [0.3, 0.4) is 0 Å². The second kappa shape index (κ2) is 7.33. The fraction of sp³-hybridized carbons (Fsp3) is 0.500. The van der Waals surface area contributed by atoms with Crippen LogP contribution in [-0.2, 0) is 16.4 Å². The predicted octanol–water partition coefficient (Wildman–Crippen LogP) is 3.38. The number of sulfone groups is 1. The molecule has 0 radical (unpaired) electrons. The minimum absolute atomic E-state index is 0.262. The van der Waals surface area contributed by atoms with E-state index < -0.39 is 9.84 Å². The Hall–Kier alpha value is -1.24. The number of aromatic nitrogens is 1. The standard InChI is InChI=1S/C18H24N2O2S2/c1-14-6-3-4-8-17(14)18-19-10-16(23-18)12-20-9-5-7-15(11-20)13-24(2,21)22/h3-4,6,8,10,15H,5,7,9,11-13H2,1-2H3/t15-/m0/s1. The zero-order chi connectivity index (χ0) is 17.2. The highest BCUT2D eigenvalue weighted by atomic mass is 32.2. The summed E-state index contributed by atoms with van der Waals surface area (Å²) in [5.74, 6) is 0.568. The molecule has 0 bridgehead atoms. The van der Waals surface area contributed by atoms with Gasteiger partial charge in [-0.05, 0) is 37.8 Å². The average Bonchev–Trinajstić information content (AvgIpc) is 2.94. The van der Waals surface area contributed by atoms with Crippen LogP contribution in [0.4, 0.5) is 0 Å². The van der Waals surface area contributed by atoms with Crippen LogP contribution in [0.1, 0.15) is 23.3 Å². The van der Waals surface area contributed by atoms with Gasteiger partial charge in [0, 0.05) is 36.0 Å². The number of hydrogen-bond acceptors (Lipinski definition) is 5. The van der Waals surface area contributed by atoms with Crippen molar-refractivity contribution < 1.29 is 8.42 Å². The Bertz CT molecular complexity index is 799. The summed E-state index contributed by atoms with van der Waals surface area (Å²) in [7, 11) is -2.89. The number of rotatable bonds is 5. The molecule has 1 fully saturated rings. The van der Waals surface area contributed by atoms with Gasteiger partial charge in [0.15, 0.2) is 0 Å². The number of aryl methyl sites for hydroxylation is 1. The summed E-state index contributed by atoms with van der Waals surface area (Å²) < 4.78 is 23.1. The summed E-state index contributed by atoms with van der Waals surface area (Å²) in [6.45, 7) is 4.88. The van der Waals surface area contributed by atoms with Crippen molar-refractivity contribution in [2.45, 2.75) is 26.3 Å². The van der Waals surface area contributed by atoms with Crippen LogP contribution < -0.4 is 0 Å². The van der Waals surface area contributed by atoms with Crippen molar-refractivity contribution in [1.29, 1.82) is 0 Å². The van der Waals surface area contributed by atoms with Crippen LogP contribution in [0.2, 0.25) is 0 Å². The van der Waals surface area contributed by atoms with E-state index in [1.807, 2.05) is 18.3 Å². The maximum absolute atomic E-state index is 11.5. The SMILES string of the molecule is Cc1ccccc1-c1ncc(CN2CCC[C@H](CS(C)(=O)=O)C2)s1. The van der Waals surface area contributed by atoms with E-state index in [-0.39, 0.29) is 5.92 Å². The largest absolute Gasteiger partial charge is 0.298 e. The third-order valence-electron chi connectivity index (χ3n) is 4.45. The van der Waals surface area contributed by atoms with Gasteiger partial charge in [-0.15, -0.1) is 11.3 Å². The number of nitrogens with zero attached hydrogens (tertiary/aromatic N) is 2. The van der Waals surface area contributed by atoms with E-state index in [0.29, 0.717) is 5.75 Å². The number of piperidine rings is 1. The van der Waals surface area contributed by atoms with E-state index in [1.165, 1.54) is 22.3 Å². The van der Waals surface area contributed by atoms with Crippen molar-refractivity contribution in [2.24, 2.45) is 5.92 Å². The van der Waals surface area contributed by atoms with Crippen LogP contribution in [0.25, 0.3) is 10.6 Å². The van der Waals surface area contributed by atoms with Crippen molar-refractivity contribution >= 4 is 21.2 Å². The summed E-state index contributed by atoms with van der Waals surface area (Å²) in [6, 6.07) is 8.31. The fourth-order valence-corrected chi connectivity index (χ4v) is 5.57. The van der Waals surface area contributed by atoms with Gasteiger partial charge in [0.25, 0.3) is 0 Å². The molecule has 1 aromatic carbocycles.